The van der Waals surface area contributed by atoms with Gasteiger partial charge in [0.05, 0.1) is 13.1 Å². The molecule has 0 aromatic heterocycles. The Morgan fingerprint density at radius 1 is 1.12 bits per heavy atom. The summed E-state index contributed by atoms with van der Waals surface area (Å²) in [7, 11) is 5.02. The second-order valence-electron chi connectivity index (χ2n) is 5.58. The maximum atomic E-state index is 12.0. The van der Waals surface area contributed by atoms with Crippen LogP contribution in [0.1, 0.15) is 5.56 Å². The van der Waals surface area contributed by atoms with Gasteiger partial charge in [-0.25, -0.2) is 0 Å². The van der Waals surface area contributed by atoms with Crippen molar-refractivity contribution in [2.24, 2.45) is 0 Å². The standard InChI is InChI=1S/C16H23F2N3O3/c1-20(2)15(23)11-21(3)10-14(22)19-9-8-12-4-6-13(7-5-12)24-16(17)18/h4-7,16H,8-11H2,1-3H3,(H,19,22). The van der Waals surface area contributed by atoms with Crippen LogP contribution < -0.4 is 10.1 Å². The van der Waals surface area contributed by atoms with Crippen LogP contribution in [0, 0.1) is 0 Å². The summed E-state index contributed by atoms with van der Waals surface area (Å²) >= 11 is 0. The maximum absolute atomic E-state index is 12.0. The van der Waals surface area contributed by atoms with Crippen LogP contribution in [0.5, 0.6) is 5.75 Å². The molecule has 0 heterocycles. The molecule has 134 valence electrons. The number of nitrogens with zero attached hydrogens (tertiary/aromatic N) is 2. The molecule has 0 radical (unpaired) electrons. The fraction of sp³-hybridized carbons (Fsp3) is 0.500. The van der Waals surface area contributed by atoms with Crippen molar-refractivity contribution in [2.45, 2.75) is 13.0 Å². The molecule has 0 saturated carbocycles. The van der Waals surface area contributed by atoms with Gasteiger partial charge in [0.1, 0.15) is 5.75 Å². The summed E-state index contributed by atoms with van der Waals surface area (Å²) in [6.07, 6.45) is 0.570. The summed E-state index contributed by atoms with van der Waals surface area (Å²) in [5.41, 5.74) is 0.896. The van der Waals surface area contributed by atoms with E-state index in [-0.39, 0.29) is 30.7 Å². The first-order valence-corrected chi connectivity index (χ1v) is 7.47. The molecule has 0 fully saturated rings. The highest BCUT2D eigenvalue weighted by Gasteiger charge is 2.11. The van der Waals surface area contributed by atoms with Crippen LogP contribution in [0.3, 0.4) is 0 Å². The normalized spacial score (nSPS) is 10.8. The third-order valence-electron chi connectivity index (χ3n) is 3.20. The third kappa shape index (κ3) is 7.87. The fourth-order valence-corrected chi connectivity index (χ4v) is 1.91. The second kappa shape index (κ2) is 9.82. The minimum atomic E-state index is -2.84. The van der Waals surface area contributed by atoms with Crippen LogP contribution in [0.2, 0.25) is 0 Å². The second-order valence-corrected chi connectivity index (χ2v) is 5.58. The zero-order chi connectivity index (χ0) is 18.1. The van der Waals surface area contributed by atoms with Gasteiger partial charge in [0, 0.05) is 20.6 Å². The van der Waals surface area contributed by atoms with Gasteiger partial charge in [0.2, 0.25) is 11.8 Å². The summed E-state index contributed by atoms with van der Waals surface area (Å²) in [4.78, 5) is 26.4. The molecule has 6 nitrogen and oxygen atoms in total. The molecule has 0 spiro atoms. The van der Waals surface area contributed by atoms with Gasteiger partial charge in [-0.05, 0) is 31.2 Å². The maximum Gasteiger partial charge on any atom is 0.387 e. The molecule has 0 aliphatic rings. The number of nitrogens with one attached hydrogen (secondary N) is 1. The molecular weight excluding hydrogens is 320 g/mol. The minimum absolute atomic E-state index is 0.0728. The van der Waals surface area contributed by atoms with E-state index in [9.17, 15) is 18.4 Å². The first-order valence-electron chi connectivity index (χ1n) is 7.47. The molecule has 0 aliphatic carbocycles. The summed E-state index contributed by atoms with van der Waals surface area (Å²) in [5.74, 6) is -0.150. The lowest BCUT2D eigenvalue weighted by Crippen LogP contribution is -2.40. The molecule has 0 unspecified atom stereocenters. The Balaban J connectivity index is 2.28. The topological polar surface area (TPSA) is 61.9 Å². The van der Waals surface area contributed by atoms with Gasteiger partial charge in [-0.2, -0.15) is 8.78 Å². The number of halogens is 2. The molecule has 1 N–H and O–H groups in total. The Bertz CT molecular complexity index is 536. The fourth-order valence-electron chi connectivity index (χ4n) is 1.91. The first kappa shape index (κ1) is 19.8. The predicted octanol–water partition coefficient (Wildman–Crippen LogP) is 0.967. The Hall–Kier alpha value is -2.22. The van der Waals surface area contributed by atoms with Gasteiger partial charge in [-0.15, -0.1) is 0 Å². The summed E-state index contributed by atoms with van der Waals surface area (Å²) in [6.45, 7) is -2.12. The highest BCUT2D eigenvalue weighted by atomic mass is 19.3. The molecule has 8 heteroatoms. The molecule has 0 aliphatic heterocycles. The number of alkyl halides is 2. The first-order chi connectivity index (χ1) is 11.3. The van der Waals surface area contributed by atoms with Crippen LogP contribution >= 0.6 is 0 Å². The van der Waals surface area contributed by atoms with Gasteiger partial charge < -0.3 is 15.0 Å². The van der Waals surface area contributed by atoms with Gasteiger partial charge >= 0.3 is 6.61 Å². The molecule has 1 aromatic rings. The van der Waals surface area contributed by atoms with Crippen molar-refractivity contribution in [1.82, 2.24) is 15.1 Å². The molecule has 24 heavy (non-hydrogen) atoms. The average Bonchev–Trinajstić information content (AvgIpc) is 2.48. The number of carbonyl (C=O) groups is 2. The number of hydrogen-bond acceptors (Lipinski definition) is 4. The SMILES string of the molecule is CN(CC(=O)NCCc1ccc(OC(F)F)cc1)CC(=O)N(C)C. The van der Waals surface area contributed by atoms with E-state index < -0.39 is 6.61 Å². The van der Waals surface area contributed by atoms with E-state index in [0.29, 0.717) is 13.0 Å². The van der Waals surface area contributed by atoms with Crippen molar-refractivity contribution in [1.29, 1.82) is 0 Å². The highest BCUT2D eigenvalue weighted by Crippen LogP contribution is 2.14. The van der Waals surface area contributed by atoms with Gasteiger partial charge in [0.15, 0.2) is 0 Å². The largest absolute Gasteiger partial charge is 0.435 e. The van der Waals surface area contributed by atoms with Crippen LogP contribution in [0.4, 0.5) is 8.78 Å². The number of likely N-dealkylation sites (N-methyl/N-ethyl adjacent to an activating group) is 2. The lowest BCUT2D eigenvalue weighted by Gasteiger charge is -2.18. The highest BCUT2D eigenvalue weighted by molar-refractivity contribution is 5.80. The monoisotopic (exact) mass is 343 g/mol. The Morgan fingerprint density at radius 3 is 2.29 bits per heavy atom. The lowest BCUT2D eigenvalue weighted by atomic mass is 10.1. The number of benzene rings is 1. The van der Waals surface area contributed by atoms with Crippen molar-refractivity contribution in [3.63, 3.8) is 0 Å². The quantitative estimate of drug-likeness (QED) is 0.726. The Labute approximate surface area is 140 Å². The van der Waals surface area contributed by atoms with Crippen molar-refractivity contribution in [3.8, 4) is 5.75 Å². The smallest absolute Gasteiger partial charge is 0.387 e. The van der Waals surface area contributed by atoms with Gasteiger partial charge in [0.25, 0.3) is 0 Å². The van der Waals surface area contributed by atoms with Crippen molar-refractivity contribution >= 4 is 11.8 Å². The van der Waals surface area contributed by atoms with Crippen molar-refractivity contribution < 1.29 is 23.1 Å². The van der Waals surface area contributed by atoms with Crippen LogP contribution in [-0.4, -0.2) is 69.0 Å². The van der Waals surface area contributed by atoms with Crippen LogP contribution in [-0.2, 0) is 16.0 Å². The zero-order valence-electron chi connectivity index (χ0n) is 14.1. The van der Waals surface area contributed by atoms with E-state index >= 15 is 0 Å². The molecule has 0 bridgehead atoms. The molecule has 1 rings (SSSR count). The molecule has 1 aromatic carbocycles. The number of amides is 2. The number of hydrogen-bond donors (Lipinski definition) is 1. The van der Waals surface area contributed by atoms with Crippen molar-refractivity contribution in [2.75, 3.05) is 40.8 Å². The summed E-state index contributed by atoms with van der Waals surface area (Å²) in [5, 5.41) is 2.75. The lowest BCUT2D eigenvalue weighted by molar-refractivity contribution is -0.130. The zero-order valence-corrected chi connectivity index (χ0v) is 14.1. The molecular formula is C16H23F2N3O3. The van der Waals surface area contributed by atoms with E-state index in [1.165, 1.54) is 17.0 Å². The summed E-state index contributed by atoms with van der Waals surface area (Å²) < 4.78 is 28.3. The van der Waals surface area contributed by atoms with Gasteiger partial charge in [-0.3, -0.25) is 14.5 Å². The van der Waals surface area contributed by atoms with E-state index in [0.717, 1.165) is 5.56 Å². The van der Waals surface area contributed by atoms with E-state index in [1.807, 2.05) is 0 Å². The Kier molecular flexibility index (Phi) is 8.11. The molecule has 2 amide bonds. The van der Waals surface area contributed by atoms with Crippen LogP contribution in [0.15, 0.2) is 24.3 Å². The number of rotatable bonds is 9. The Morgan fingerprint density at radius 2 is 1.75 bits per heavy atom. The third-order valence-corrected chi connectivity index (χ3v) is 3.20. The van der Waals surface area contributed by atoms with E-state index in [1.54, 1.807) is 38.2 Å². The molecule has 0 atom stereocenters. The van der Waals surface area contributed by atoms with Gasteiger partial charge in [-0.1, -0.05) is 12.1 Å². The van der Waals surface area contributed by atoms with E-state index in [2.05, 4.69) is 10.1 Å². The summed E-state index contributed by atoms with van der Waals surface area (Å²) in [6, 6.07) is 6.27. The minimum Gasteiger partial charge on any atom is -0.435 e. The molecule has 0 saturated heterocycles. The number of ether oxygens (including phenoxy) is 1. The average molecular weight is 343 g/mol. The number of carbonyl (C=O) groups excluding carboxylic acids is 2. The van der Waals surface area contributed by atoms with E-state index in [4.69, 9.17) is 0 Å². The van der Waals surface area contributed by atoms with Crippen LogP contribution in [0.25, 0.3) is 0 Å². The predicted molar refractivity (Wildman–Crippen MR) is 86.0 cm³/mol. The van der Waals surface area contributed by atoms with Crippen molar-refractivity contribution in [3.05, 3.63) is 29.8 Å².